The van der Waals surface area contributed by atoms with Crippen molar-refractivity contribution in [3.05, 3.63) is 54.1 Å². The van der Waals surface area contributed by atoms with E-state index in [-0.39, 0.29) is 0 Å². The number of nitriles is 1. The molecule has 1 aliphatic rings. The maximum Gasteiger partial charge on any atom is 0.119 e. The summed E-state index contributed by atoms with van der Waals surface area (Å²) in [5, 5.41) is 8.83. The number of benzene rings is 2. The summed E-state index contributed by atoms with van der Waals surface area (Å²) in [6.07, 6.45) is 2.31. The van der Waals surface area contributed by atoms with E-state index in [4.69, 9.17) is 19.5 Å². The van der Waals surface area contributed by atoms with Gasteiger partial charge in [-0.1, -0.05) is 24.3 Å². The smallest absolute Gasteiger partial charge is 0.119 e. The molecule has 4 nitrogen and oxygen atoms in total. The van der Waals surface area contributed by atoms with Crippen LogP contribution in [0.3, 0.4) is 0 Å². The lowest BCUT2D eigenvalue weighted by atomic mass is 10.0. The van der Waals surface area contributed by atoms with Gasteiger partial charge in [0.25, 0.3) is 0 Å². The summed E-state index contributed by atoms with van der Waals surface area (Å²) < 4.78 is 16.3. The molecule has 2 aromatic carbocycles. The maximum atomic E-state index is 8.83. The molecule has 124 valence electrons. The van der Waals surface area contributed by atoms with Gasteiger partial charge in [0.15, 0.2) is 0 Å². The summed E-state index contributed by atoms with van der Waals surface area (Å²) in [4.78, 5) is 0. The molecule has 1 heterocycles. The zero-order chi connectivity index (χ0) is 16.6. The minimum Gasteiger partial charge on any atom is -0.494 e. The largest absolute Gasteiger partial charge is 0.494 e. The molecule has 0 spiro atoms. The predicted octanol–water partition coefficient (Wildman–Crippen LogP) is 3.80. The number of rotatable bonds is 9. The monoisotopic (exact) mass is 323 g/mol. The standard InChI is InChI=1S/C20H21NO3/c21-13-16-3-5-17(6-4-16)18-7-9-19(10-8-18)23-12-2-1-11-22-14-20-15-24-20/h3-10,20H,1-2,11-12,14-15H2. The molecular formula is C20H21NO3. The van der Waals surface area contributed by atoms with E-state index in [0.29, 0.717) is 18.3 Å². The van der Waals surface area contributed by atoms with Crippen molar-refractivity contribution in [1.29, 1.82) is 5.26 Å². The third-order valence-electron chi connectivity index (χ3n) is 3.86. The molecule has 0 aliphatic carbocycles. The van der Waals surface area contributed by atoms with Crippen molar-refractivity contribution in [3.8, 4) is 22.9 Å². The van der Waals surface area contributed by atoms with Crippen molar-refractivity contribution < 1.29 is 14.2 Å². The lowest BCUT2D eigenvalue weighted by molar-refractivity contribution is 0.110. The molecule has 2 aromatic rings. The Morgan fingerprint density at radius 1 is 0.958 bits per heavy atom. The fourth-order valence-corrected chi connectivity index (χ4v) is 2.36. The second-order valence-corrected chi connectivity index (χ2v) is 5.80. The second-order valence-electron chi connectivity index (χ2n) is 5.80. The van der Waals surface area contributed by atoms with Gasteiger partial charge >= 0.3 is 0 Å². The predicted molar refractivity (Wildman–Crippen MR) is 91.9 cm³/mol. The maximum absolute atomic E-state index is 8.83. The van der Waals surface area contributed by atoms with Gasteiger partial charge in [0, 0.05) is 6.61 Å². The quantitative estimate of drug-likeness (QED) is 0.520. The van der Waals surface area contributed by atoms with Gasteiger partial charge < -0.3 is 14.2 Å². The second kappa shape index (κ2) is 8.49. The van der Waals surface area contributed by atoms with Crippen LogP contribution in [-0.2, 0) is 9.47 Å². The summed E-state index contributed by atoms with van der Waals surface area (Å²) in [6, 6.07) is 17.7. The Balaban J connectivity index is 1.38. The van der Waals surface area contributed by atoms with Gasteiger partial charge in [0.1, 0.15) is 11.9 Å². The number of unbranched alkanes of at least 4 members (excludes halogenated alkanes) is 1. The van der Waals surface area contributed by atoms with E-state index in [1.165, 1.54) is 0 Å². The van der Waals surface area contributed by atoms with E-state index >= 15 is 0 Å². The van der Waals surface area contributed by atoms with Gasteiger partial charge in [-0.05, 0) is 48.2 Å². The Morgan fingerprint density at radius 2 is 1.58 bits per heavy atom. The molecule has 0 saturated carbocycles. The van der Waals surface area contributed by atoms with Crippen LogP contribution in [0.15, 0.2) is 48.5 Å². The highest BCUT2D eigenvalue weighted by molar-refractivity contribution is 5.64. The van der Waals surface area contributed by atoms with Crippen LogP contribution >= 0.6 is 0 Å². The Hall–Kier alpha value is -2.35. The normalized spacial score (nSPS) is 15.7. The van der Waals surface area contributed by atoms with E-state index in [1.54, 1.807) is 0 Å². The Labute approximate surface area is 142 Å². The molecule has 0 radical (unpaired) electrons. The molecule has 4 heteroatoms. The lowest BCUT2D eigenvalue weighted by Gasteiger charge is -2.08. The van der Waals surface area contributed by atoms with Crippen LogP contribution in [0, 0.1) is 11.3 Å². The fraction of sp³-hybridized carbons (Fsp3) is 0.350. The Bertz CT molecular complexity index is 670. The van der Waals surface area contributed by atoms with Crippen molar-refractivity contribution in [3.63, 3.8) is 0 Å². The molecule has 1 aliphatic heterocycles. The molecule has 1 unspecified atom stereocenters. The number of hydrogen-bond donors (Lipinski definition) is 0. The first-order chi connectivity index (χ1) is 11.8. The van der Waals surface area contributed by atoms with Crippen LogP contribution in [-0.4, -0.2) is 32.5 Å². The third-order valence-corrected chi connectivity index (χ3v) is 3.86. The van der Waals surface area contributed by atoms with Crippen LogP contribution in [0.4, 0.5) is 0 Å². The molecule has 0 N–H and O–H groups in total. The van der Waals surface area contributed by atoms with Gasteiger partial charge in [-0.25, -0.2) is 0 Å². The van der Waals surface area contributed by atoms with Gasteiger partial charge in [-0.15, -0.1) is 0 Å². The van der Waals surface area contributed by atoms with Crippen LogP contribution in [0.2, 0.25) is 0 Å². The molecule has 0 amide bonds. The first-order valence-electron chi connectivity index (χ1n) is 8.28. The van der Waals surface area contributed by atoms with E-state index in [0.717, 1.165) is 49.5 Å². The highest BCUT2D eigenvalue weighted by atomic mass is 16.6. The summed E-state index contributed by atoms with van der Waals surface area (Å²) in [5.74, 6) is 0.875. The molecule has 1 atom stereocenters. The number of epoxide rings is 1. The molecule has 24 heavy (non-hydrogen) atoms. The van der Waals surface area contributed by atoms with Crippen molar-refractivity contribution in [2.45, 2.75) is 18.9 Å². The summed E-state index contributed by atoms with van der Waals surface area (Å²) in [6.45, 7) is 3.03. The Morgan fingerprint density at radius 3 is 2.21 bits per heavy atom. The van der Waals surface area contributed by atoms with E-state index in [9.17, 15) is 0 Å². The topological polar surface area (TPSA) is 54.8 Å². The van der Waals surface area contributed by atoms with Crippen molar-refractivity contribution in [2.24, 2.45) is 0 Å². The number of ether oxygens (including phenoxy) is 3. The minimum atomic E-state index is 0.343. The van der Waals surface area contributed by atoms with Gasteiger partial charge in [0.05, 0.1) is 31.5 Å². The SMILES string of the molecule is N#Cc1ccc(-c2ccc(OCCCCOCC3CO3)cc2)cc1. The lowest BCUT2D eigenvalue weighted by Crippen LogP contribution is -2.04. The van der Waals surface area contributed by atoms with Gasteiger partial charge in [-0.2, -0.15) is 5.26 Å². The summed E-state index contributed by atoms with van der Waals surface area (Å²) >= 11 is 0. The first kappa shape index (κ1) is 16.5. The third kappa shape index (κ3) is 5.09. The van der Waals surface area contributed by atoms with Crippen molar-refractivity contribution in [2.75, 3.05) is 26.4 Å². The zero-order valence-electron chi connectivity index (χ0n) is 13.6. The zero-order valence-corrected chi connectivity index (χ0v) is 13.6. The average molecular weight is 323 g/mol. The first-order valence-corrected chi connectivity index (χ1v) is 8.28. The molecule has 3 rings (SSSR count). The van der Waals surface area contributed by atoms with Crippen molar-refractivity contribution >= 4 is 0 Å². The summed E-state index contributed by atoms with van der Waals surface area (Å²) in [5.41, 5.74) is 2.88. The minimum absolute atomic E-state index is 0.343. The Kier molecular flexibility index (Phi) is 5.84. The average Bonchev–Trinajstić information content (AvgIpc) is 3.46. The molecule has 0 bridgehead atoms. The van der Waals surface area contributed by atoms with Gasteiger partial charge in [-0.3, -0.25) is 0 Å². The van der Waals surface area contributed by atoms with E-state index in [2.05, 4.69) is 6.07 Å². The number of hydrogen-bond acceptors (Lipinski definition) is 4. The molecule has 1 saturated heterocycles. The molecule has 1 fully saturated rings. The van der Waals surface area contributed by atoms with Crippen LogP contribution in [0.25, 0.3) is 11.1 Å². The molecule has 0 aromatic heterocycles. The van der Waals surface area contributed by atoms with Gasteiger partial charge in [0.2, 0.25) is 0 Å². The fourth-order valence-electron chi connectivity index (χ4n) is 2.36. The molecular weight excluding hydrogens is 302 g/mol. The highest BCUT2D eigenvalue weighted by Gasteiger charge is 2.21. The highest BCUT2D eigenvalue weighted by Crippen LogP contribution is 2.23. The van der Waals surface area contributed by atoms with Crippen LogP contribution in [0.5, 0.6) is 5.75 Å². The van der Waals surface area contributed by atoms with Crippen molar-refractivity contribution in [1.82, 2.24) is 0 Å². The van der Waals surface area contributed by atoms with E-state index < -0.39 is 0 Å². The summed E-state index contributed by atoms with van der Waals surface area (Å²) in [7, 11) is 0. The van der Waals surface area contributed by atoms with Crippen LogP contribution in [0.1, 0.15) is 18.4 Å². The van der Waals surface area contributed by atoms with E-state index in [1.807, 2.05) is 48.5 Å². The number of nitrogens with zero attached hydrogens (tertiary/aromatic N) is 1. The van der Waals surface area contributed by atoms with Crippen LogP contribution < -0.4 is 4.74 Å².